The van der Waals surface area contributed by atoms with Crippen LogP contribution in [0.3, 0.4) is 0 Å². The lowest BCUT2D eigenvalue weighted by Gasteiger charge is -2.17. The van der Waals surface area contributed by atoms with Crippen molar-refractivity contribution in [1.29, 1.82) is 0 Å². The average Bonchev–Trinajstić information content (AvgIpc) is 2.40. The molecule has 5 heteroatoms. The van der Waals surface area contributed by atoms with Crippen LogP contribution < -0.4 is 10.1 Å². The maximum atomic E-state index is 11.7. The Bertz CT molecular complexity index is 485. The Kier molecular flexibility index (Phi) is 6.72. The van der Waals surface area contributed by atoms with Crippen LogP contribution in [0.2, 0.25) is 0 Å². The van der Waals surface area contributed by atoms with Crippen molar-refractivity contribution in [2.75, 3.05) is 6.61 Å². The highest BCUT2D eigenvalue weighted by Crippen LogP contribution is 2.12. The van der Waals surface area contributed by atoms with Gasteiger partial charge in [0.1, 0.15) is 11.8 Å². The molecule has 5 nitrogen and oxygen atoms in total. The third kappa shape index (κ3) is 6.29. The fraction of sp³-hybridized carbons (Fsp3) is 0.500. The van der Waals surface area contributed by atoms with E-state index in [9.17, 15) is 9.59 Å². The predicted octanol–water partition coefficient (Wildman–Crippen LogP) is 2.38. The molecule has 0 heterocycles. The van der Waals surface area contributed by atoms with Crippen molar-refractivity contribution in [3.63, 3.8) is 0 Å². The summed E-state index contributed by atoms with van der Waals surface area (Å²) in [5.74, 6) is -0.630. The van der Waals surface area contributed by atoms with Crippen molar-refractivity contribution in [2.24, 2.45) is 5.92 Å². The van der Waals surface area contributed by atoms with Gasteiger partial charge in [-0.15, -0.1) is 0 Å². The van der Waals surface area contributed by atoms with Crippen molar-refractivity contribution < 1.29 is 19.4 Å². The van der Waals surface area contributed by atoms with Gasteiger partial charge in [-0.05, 0) is 37.0 Å². The second-order valence-corrected chi connectivity index (χ2v) is 5.40. The van der Waals surface area contributed by atoms with Gasteiger partial charge >= 0.3 is 5.97 Å². The SMILES string of the molecule is Cc1cccc(OCCCC(=O)N[C@H](C(=O)O)C(C)C)c1. The number of benzene rings is 1. The van der Waals surface area contributed by atoms with Crippen LogP contribution in [0.1, 0.15) is 32.3 Å². The maximum absolute atomic E-state index is 11.7. The zero-order valence-electron chi connectivity index (χ0n) is 12.8. The minimum absolute atomic E-state index is 0.144. The van der Waals surface area contributed by atoms with E-state index >= 15 is 0 Å². The summed E-state index contributed by atoms with van der Waals surface area (Å²) >= 11 is 0. The molecule has 0 saturated carbocycles. The molecule has 2 N–H and O–H groups in total. The summed E-state index contributed by atoms with van der Waals surface area (Å²) in [6, 6.07) is 6.86. The number of carboxylic acids is 1. The van der Waals surface area contributed by atoms with E-state index in [1.54, 1.807) is 13.8 Å². The molecule has 1 aromatic carbocycles. The van der Waals surface area contributed by atoms with Crippen LogP contribution in [0.5, 0.6) is 5.75 Å². The van der Waals surface area contributed by atoms with Crippen LogP contribution in [0, 0.1) is 12.8 Å². The Hall–Kier alpha value is -2.04. The molecular formula is C16H23NO4. The van der Waals surface area contributed by atoms with Gasteiger partial charge in [0.2, 0.25) is 5.91 Å². The molecule has 0 aliphatic carbocycles. The van der Waals surface area contributed by atoms with E-state index in [2.05, 4.69) is 5.32 Å². The highest BCUT2D eigenvalue weighted by molar-refractivity contribution is 5.83. The lowest BCUT2D eigenvalue weighted by molar-refractivity contribution is -0.143. The maximum Gasteiger partial charge on any atom is 0.326 e. The molecule has 0 aromatic heterocycles. The fourth-order valence-electron chi connectivity index (χ4n) is 1.89. The zero-order chi connectivity index (χ0) is 15.8. The first-order chi connectivity index (χ1) is 9.90. The highest BCUT2D eigenvalue weighted by atomic mass is 16.5. The van der Waals surface area contributed by atoms with Gasteiger partial charge in [0.05, 0.1) is 6.61 Å². The number of aliphatic carboxylic acids is 1. The lowest BCUT2D eigenvalue weighted by atomic mass is 10.0. The van der Waals surface area contributed by atoms with Crippen LogP contribution in [0.4, 0.5) is 0 Å². The number of aryl methyl sites for hydroxylation is 1. The molecule has 0 radical (unpaired) electrons. The predicted molar refractivity (Wildman–Crippen MR) is 80.3 cm³/mol. The number of rotatable bonds is 8. The number of ether oxygens (including phenoxy) is 1. The lowest BCUT2D eigenvalue weighted by Crippen LogP contribution is -2.44. The smallest absolute Gasteiger partial charge is 0.326 e. The Labute approximate surface area is 125 Å². The third-order valence-corrected chi connectivity index (χ3v) is 3.06. The fourth-order valence-corrected chi connectivity index (χ4v) is 1.89. The van der Waals surface area contributed by atoms with Crippen LogP contribution in [-0.4, -0.2) is 29.6 Å². The van der Waals surface area contributed by atoms with Crippen LogP contribution in [0.15, 0.2) is 24.3 Å². The van der Waals surface area contributed by atoms with Gasteiger partial charge in [0, 0.05) is 6.42 Å². The second-order valence-electron chi connectivity index (χ2n) is 5.40. The Morgan fingerprint density at radius 2 is 2.05 bits per heavy atom. The molecule has 1 atom stereocenters. The van der Waals surface area contributed by atoms with Gasteiger partial charge in [-0.2, -0.15) is 0 Å². The number of hydrogen-bond donors (Lipinski definition) is 2. The summed E-state index contributed by atoms with van der Waals surface area (Å²) in [6.07, 6.45) is 0.798. The summed E-state index contributed by atoms with van der Waals surface area (Å²) in [4.78, 5) is 22.7. The Morgan fingerprint density at radius 3 is 2.62 bits per heavy atom. The molecule has 1 aromatic rings. The van der Waals surface area contributed by atoms with Crippen molar-refractivity contribution >= 4 is 11.9 Å². The number of carboxylic acid groups (broad SMARTS) is 1. The van der Waals surface area contributed by atoms with Crippen LogP contribution in [-0.2, 0) is 9.59 Å². The Morgan fingerprint density at radius 1 is 1.33 bits per heavy atom. The van der Waals surface area contributed by atoms with E-state index < -0.39 is 12.0 Å². The summed E-state index contributed by atoms with van der Waals surface area (Å²) in [7, 11) is 0. The molecule has 1 rings (SSSR count). The first kappa shape index (κ1) is 17.0. The zero-order valence-corrected chi connectivity index (χ0v) is 12.8. The number of amides is 1. The Balaban J connectivity index is 2.29. The van der Waals surface area contributed by atoms with Gasteiger partial charge < -0.3 is 15.2 Å². The van der Waals surface area contributed by atoms with Crippen LogP contribution >= 0.6 is 0 Å². The van der Waals surface area contributed by atoms with Gasteiger partial charge in [0.25, 0.3) is 0 Å². The second kappa shape index (κ2) is 8.29. The highest BCUT2D eigenvalue weighted by Gasteiger charge is 2.22. The molecular weight excluding hydrogens is 270 g/mol. The molecule has 0 bridgehead atoms. The van der Waals surface area contributed by atoms with Gasteiger partial charge in [0.15, 0.2) is 0 Å². The van der Waals surface area contributed by atoms with E-state index in [1.807, 2.05) is 31.2 Å². The molecule has 116 valence electrons. The van der Waals surface area contributed by atoms with E-state index in [0.717, 1.165) is 11.3 Å². The number of nitrogens with one attached hydrogen (secondary N) is 1. The quantitative estimate of drug-likeness (QED) is 0.722. The molecule has 21 heavy (non-hydrogen) atoms. The monoisotopic (exact) mass is 293 g/mol. The molecule has 0 aliphatic rings. The first-order valence-corrected chi connectivity index (χ1v) is 7.11. The van der Waals surface area contributed by atoms with Crippen LogP contribution in [0.25, 0.3) is 0 Å². The van der Waals surface area contributed by atoms with Crippen molar-refractivity contribution in [2.45, 2.75) is 39.7 Å². The van der Waals surface area contributed by atoms with E-state index in [-0.39, 0.29) is 18.2 Å². The van der Waals surface area contributed by atoms with E-state index in [0.29, 0.717) is 13.0 Å². The normalized spacial score (nSPS) is 12.0. The number of carbonyl (C=O) groups excluding carboxylic acids is 1. The standard InChI is InChI=1S/C16H23NO4/c1-11(2)15(16(19)20)17-14(18)8-5-9-21-13-7-4-6-12(3)10-13/h4,6-7,10-11,15H,5,8-9H2,1-3H3,(H,17,18)(H,19,20)/t15-/m0/s1. The molecule has 0 spiro atoms. The van der Waals surface area contributed by atoms with Crippen molar-refractivity contribution in [3.05, 3.63) is 29.8 Å². The minimum Gasteiger partial charge on any atom is -0.494 e. The topological polar surface area (TPSA) is 75.6 Å². The summed E-state index contributed by atoms with van der Waals surface area (Å²) < 4.78 is 5.54. The van der Waals surface area contributed by atoms with Crippen molar-refractivity contribution in [3.8, 4) is 5.75 Å². The van der Waals surface area contributed by atoms with Crippen molar-refractivity contribution in [1.82, 2.24) is 5.32 Å². The average molecular weight is 293 g/mol. The molecule has 1 amide bonds. The molecule has 0 fully saturated rings. The number of carbonyl (C=O) groups is 2. The van der Waals surface area contributed by atoms with E-state index in [1.165, 1.54) is 0 Å². The largest absolute Gasteiger partial charge is 0.494 e. The van der Waals surface area contributed by atoms with Gasteiger partial charge in [-0.1, -0.05) is 26.0 Å². The van der Waals surface area contributed by atoms with Gasteiger partial charge in [-0.25, -0.2) is 4.79 Å². The van der Waals surface area contributed by atoms with Gasteiger partial charge in [-0.3, -0.25) is 4.79 Å². The molecule has 0 aliphatic heterocycles. The summed E-state index contributed by atoms with van der Waals surface area (Å²) in [5.41, 5.74) is 1.12. The third-order valence-electron chi connectivity index (χ3n) is 3.06. The molecule has 0 saturated heterocycles. The summed E-state index contributed by atoms with van der Waals surface area (Å²) in [6.45, 7) is 5.94. The summed E-state index contributed by atoms with van der Waals surface area (Å²) in [5, 5.41) is 11.5. The first-order valence-electron chi connectivity index (χ1n) is 7.11. The van der Waals surface area contributed by atoms with E-state index in [4.69, 9.17) is 9.84 Å². The minimum atomic E-state index is -1.01. The number of hydrogen-bond acceptors (Lipinski definition) is 3. The molecule has 0 unspecified atom stereocenters.